The number of hydrogen-bond donors (Lipinski definition) is 1. The minimum atomic E-state index is -0.539. The quantitative estimate of drug-likeness (QED) is 0.724. The number of nitrogens with one attached hydrogen (secondary N) is 1. The molecule has 0 aromatic rings. The minimum Gasteiger partial charge on any atom is -0.300 e. The van der Waals surface area contributed by atoms with Crippen molar-refractivity contribution in [3.8, 4) is 6.07 Å². The summed E-state index contributed by atoms with van der Waals surface area (Å²) in [6.45, 7) is 9.11. The summed E-state index contributed by atoms with van der Waals surface area (Å²) in [4.78, 5) is 25.8. The monoisotopic (exact) mass is 291 g/mol. The Bertz CT molecular complexity index is 470. The number of carbonyl (C=O) groups is 2. The van der Waals surface area contributed by atoms with Gasteiger partial charge in [-0.3, -0.25) is 19.8 Å². The van der Waals surface area contributed by atoms with Gasteiger partial charge in [0.15, 0.2) is 0 Å². The van der Waals surface area contributed by atoms with Crippen LogP contribution in [0.5, 0.6) is 0 Å². The van der Waals surface area contributed by atoms with Gasteiger partial charge < -0.3 is 0 Å². The van der Waals surface area contributed by atoms with E-state index in [1.165, 1.54) is 4.90 Å². The van der Waals surface area contributed by atoms with E-state index in [1.54, 1.807) is 0 Å². The third kappa shape index (κ3) is 2.46. The summed E-state index contributed by atoms with van der Waals surface area (Å²) in [5, 5.41) is 12.6. The van der Waals surface area contributed by atoms with Crippen LogP contribution in [0.4, 0.5) is 0 Å². The number of piperidine rings is 1. The second-order valence-corrected chi connectivity index (χ2v) is 6.79. The van der Waals surface area contributed by atoms with E-state index in [-0.39, 0.29) is 29.1 Å². The summed E-state index contributed by atoms with van der Waals surface area (Å²) in [6, 6.07) is 2.35. The number of imide groups is 1. The maximum Gasteiger partial charge on any atom is 0.233 e. The van der Waals surface area contributed by atoms with Gasteiger partial charge in [-0.2, -0.15) is 5.26 Å². The van der Waals surface area contributed by atoms with Crippen molar-refractivity contribution >= 4 is 11.8 Å². The fourth-order valence-corrected chi connectivity index (χ4v) is 3.67. The molecule has 5 nitrogen and oxygen atoms in total. The highest BCUT2D eigenvalue weighted by Crippen LogP contribution is 2.63. The van der Waals surface area contributed by atoms with Crippen LogP contribution in [0, 0.1) is 28.6 Å². The van der Waals surface area contributed by atoms with E-state index in [0.717, 1.165) is 13.0 Å². The highest BCUT2D eigenvalue weighted by atomic mass is 16.2. The molecular weight excluding hydrogens is 266 g/mol. The van der Waals surface area contributed by atoms with Gasteiger partial charge in [0.25, 0.3) is 0 Å². The first kappa shape index (κ1) is 16.0. The second kappa shape index (κ2) is 5.42. The van der Waals surface area contributed by atoms with Crippen molar-refractivity contribution in [3.05, 3.63) is 0 Å². The topological polar surface area (TPSA) is 73.2 Å². The molecule has 1 saturated carbocycles. The first-order valence-corrected chi connectivity index (χ1v) is 7.86. The lowest BCUT2D eigenvalue weighted by Gasteiger charge is -2.27. The van der Waals surface area contributed by atoms with E-state index < -0.39 is 5.54 Å². The van der Waals surface area contributed by atoms with Gasteiger partial charge >= 0.3 is 0 Å². The number of amides is 2. The lowest BCUT2D eigenvalue weighted by molar-refractivity contribution is -0.143. The number of nitrogens with zero attached hydrogens (tertiary/aromatic N) is 2. The molecule has 5 heteroatoms. The lowest BCUT2D eigenvalue weighted by atomic mass is 9.91. The predicted molar refractivity (Wildman–Crippen MR) is 79.0 cm³/mol. The first-order valence-electron chi connectivity index (χ1n) is 7.86. The molecule has 0 bridgehead atoms. The molecule has 3 unspecified atom stereocenters. The summed E-state index contributed by atoms with van der Waals surface area (Å²) >= 11 is 0. The zero-order valence-electron chi connectivity index (χ0n) is 13.4. The molecule has 2 fully saturated rings. The van der Waals surface area contributed by atoms with Crippen molar-refractivity contribution in [2.24, 2.45) is 17.3 Å². The average Bonchev–Trinajstić information content (AvgIpc) is 2.92. The van der Waals surface area contributed by atoms with Crippen molar-refractivity contribution < 1.29 is 9.59 Å². The molecule has 0 aromatic heterocycles. The summed E-state index contributed by atoms with van der Waals surface area (Å²) in [6.07, 6.45) is 2.05. The summed E-state index contributed by atoms with van der Waals surface area (Å²) in [7, 11) is 0. The van der Waals surface area contributed by atoms with E-state index >= 15 is 0 Å². The minimum absolute atomic E-state index is 0.0162. The molecule has 21 heavy (non-hydrogen) atoms. The van der Waals surface area contributed by atoms with Gasteiger partial charge in [0.2, 0.25) is 11.8 Å². The molecule has 1 N–H and O–H groups in total. The van der Waals surface area contributed by atoms with Crippen molar-refractivity contribution in [2.45, 2.75) is 52.5 Å². The fourth-order valence-electron chi connectivity index (χ4n) is 3.67. The van der Waals surface area contributed by atoms with E-state index in [2.05, 4.69) is 11.4 Å². The Balaban J connectivity index is 1.89. The van der Waals surface area contributed by atoms with Crippen LogP contribution >= 0.6 is 0 Å². The third-order valence-electron chi connectivity index (χ3n) is 5.21. The highest BCUT2D eigenvalue weighted by Gasteiger charge is 2.72. The molecule has 1 aliphatic carbocycles. The van der Waals surface area contributed by atoms with Crippen LogP contribution in [0.25, 0.3) is 0 Å². The SMILES string of the molecule is CCNC(C#N)(CC)CCCN1C(=O)C2C(C1=O)C2(C)C. The summed E-state index contributed by atoms with van der Waals surface area (Å²) in [5.74, 6) is -0.244. The molecule has 3 atom stereocenters. The fraction of sp³-hybridized carbons (Fsp3) is 0.812. The van der Waals surface area contributed by atoms with Gasteiger partial charge in [-0.05, 0) is 31.2 Å². The van der Waals surface area contributed by atoms with E-state index in [1.807, 2.05) is 27.7 Å². The maximum absolute atomic E-state index is 12.2. The molecule has 0 aromatic carbocycles. The Morgan fingerprint density at radius 3 is 2.29 bits per heavy atom. The molecular formula is C16H25N3O2. The predicted octanol–water partition coefficient (Wildman–Crippen LogP) is 1.69. The summed E-state index contributed by atoms with van der Waals surface area (Å²) in [5.41, 5.74) is -0.684. The molecule has 2 aliphatic rings. The molecule has 1 saturated heterocycles. The normalized spacial score (nSPS) is 29.0. The van der Waals surface area contributed by atoms with E-state index in [4.69, 9.17) is 0 Å². The van der Waals surface area contributed by atoms with Gasteiger partial charge in [-0.25, -0.2) is 0 Å². The lowest BCUT2D eigenvalue weighted by Crippen LogP contribution is -2.44. The first-order chi connectivity index (χ1) is 9.84. The number of rotatable bonds is 7. The Hall–Kier alpha value is -1.41. The van der Waals surface area contributed by atoms with Crippen LogP contribution in [-0.4, -0.2) is 35.3 Å². The van der Waals surface area contributed by atoms with Crippen molar-refractivity contribution in [2.75, 3.05) is 13.1 Å². The highest BCUT2D eigenvalue weighted by molar-refractivity contribution is 6.10. The Labute approximate surface area is 126 Å². The van der Waals surface area contributed by atoms with Crippen molar-refractivity contribution in [1.29, 1.82) is 5.26 Å². The zero-order chi connectivity index (χ0) is 15.8. The van der Waals surface area contributed by atoms with E-state index in [9.17, 15) is 14.9 Å². The molecule has 2 rings (SSSR count). The average molecular weight is 291 g/mol. The van der Waals surface area contributed by atoms with Crippen LogP contribution in [0.15, 0.2) is 0 Å². The third-order valence-corrected chi connectivity index (χ3v) is 5.21. The standard InChI is InChI=1S/C16H25N3O2/c1-5-16(10-17,18-6-2)8-7-9-19-13(20)11-12(14(19)21)15(11,3)4/h11-12,18H,5-9H2,1-4H3. The van der Waals surface area contributed by atoms with Gasteiger partial charge in [-0.15, -0.1) is 0 Å². The molecule has 1 aliphatic heterocycles. The van der Waals surface area contributed by atoms with Crippen LogP contribution in [0.2, 0.25) is 0 Å². The molecule has 0 radical (unpaired) electrons. The Morgan fingerprint density at radius 2 is 1.86 bits per heavy atom. The van der Waals surface area contributed by atoms with Gasteiger partial charge in [0.1, 0.15) is 5.54 Å². The number of hydrogen-bond acceptors (Lipinski definition) is 4. The van der Waals surface area contributed by atoms with Gasteiger partial charge in [-0.1, -0.05) is 27.7 Å². The number of nitriles is 1. The zero-order valence-corrected chi connectivity index (χ0v) is 13.4. The maximum atomic E-state index is 12.2. The van der Waals surface area contributed by atoms with Crippen molar-refractivity contribution in [3.63, 3.8) is 0 Å². The molecule has 116 valence electrons. The number of carbonyl (C=O) groups excluding carboxylic acids is 2. The summed E-state index contributed by atoms with van der Waals surface area (Å²) < 4.78 is 0. The van der Waals surface area contributed by atoms with E-state index in [0.29, 0.717) is 19.4 Å². The molecule has 1 heterocycles. The van der Waals surface area contributed by atoms with Crippen LogP contribution < -0.4 is 5.32 Å². The Kier molecular flexibility index (Phi) is 4.12. The van der Waals surface area contributed by atoms with Crippen molar-refractivity contribution in [1.82, 2.24) is 10.2 Å². The van der Waals surface area contributed by atoms with Crippen LogP contribution in [-0.2, 0) is 9.59 Å². The number of likely N-dealkylation sites (tertiary alicyclic amines) is 1. The number of fused-ring (bicyclic) bond motifs is 1. The largest absolute Gasteiger partial charge is 0.300 e. The molecule has 2 amide bonds. The smallest absolute Gasteiger partial charge is 0.233 e. The second-order valence-electron chi connectivity index (χ2n) is 6.79. The van der Waals surface area contributed by atoms with Gasteiger partial charge in [0.05, 0.1) is 17.9 Å². The van der Waals surface area contributed by atoms with Gasteiger partial charge in [0, 0.05) is 6.54 Å². The Morgan fingerprint density at radius 1 is 1.29 bits per heavy atom. The molecule has 0 spiro atoms. The van der Waals surface area contributed by atoms with Crippen LogP contribution in [0.3, 0.4) is 0 Å². The van der Waals surface area contributed by atoms with Crippen LogP contribution in [0.1, 0.15) is 47.0 Å².